The maximum Gasteiger partial charge on any atom is 0.293 e. The van der Waals surface area contributed by atoms with E-state index in [4.69, 9.17) is 0 Å². The fourth-order valence-electron chi connectivity index (χ4n) is 3.18. The minimum absolute atomic E-state index is 0.0200. The summed E-state index contributed by atoms with van der Waals surface area (Å²) in [6, 6.07) is 22.3. The Labute approximate surface area is 189 Å². The van der Waals surface area contributed by atoms with Crippen molar-refractivity contribution in [3.8, 4) is 0 Å². The molecule has 1 heterocycles. The number of amides is 2. The van der Waals surface area contributed by atoms with Crippen molar-refractivity contribution < 1.29 is 18.8 Å². The first-order valence-electron chi connectivity index (χ1n) is 9.87. The molecule has 0 spiro atoms. The van der Waals surface area contributed by atoms with Gasteiger partial charge in [0.25, 0.3) is 11.1 Å². The van der Waals surface area contributed by atoms with E-state index in [2.05, 4.69) is 0 Å². The van der Waals surface area contributed by atoms with Gasteiger partial charge in [0.05, 0.1) is 17.0 Å². The van der Waals surface area contributed by atoms with Gasteiger partial charge >= 0.3 is 0 Å². The highest BCUT2D eigenvalue weighted by Gasteiger charge is 2.34. The Bertz CT molecular complexity index is 1230. The molecule has 0 bridgehead atoms. The zero-order valence-electron chi connectivity index (χ0n) is 16.9. The van der Waals surface area contributed by atoms with Crippen LogP contribution in [0, 0.1) is 5.82 Å². The number of hydrogen-bond donors (Lipinski definition) is 0. The van der Waals surface area contributed by atoms with Gasteiger partial charge in [-0.1, -0.05) is 72.8 Å². The van der Waals surface area contributed by atoms with Crippen molar-refractivity contribution in [2.45, 2.75) is 6.54 Å². The molecular formula is C26H18FNO3S. The summed E-state index contributed by atoms with van der Waals surface area (Å²) in [5.41, 5.74) is 2.42. The fraction of sp³-hybridized carbons (Fsp3) is 0.0385. The van der Waals surface area contributed by atoms with E-state index in [9.17, 15) is 18.8 Å². The normalized spacial score (nSPS) is 15.2. The highest BCUT2D eigenvalue weighted by molar-refractivity contribution is 8.18. The summed E-state index contributed by atoms with van der Waals surface area (Å²) in [6.07, 6.45) is 4.60. The molecule has 0 unspecified atom stereocenters. The molecule has 0 aliphatic carbocycles. The molecule has 0 aromatic heterocycles. The van der Waals surface area contributed by atoms with Crippen LogP contribution in [-0.2, 0) is 11.3 Å². The maximum atomic E-state index is 13.7. The van der Waals surface area contributed by atoms with Gasteiger partial charge in [0, 0.05) is 0 Å². The first-order valence-corrected chi connectivity index (χ1v) is 10.7. The Morgan fingerprint density at radius 1 is 0.875 bits per heavy atom. The predicted molar refractivity (Wildman–Crippen MR) is 124 cm³/mol. The van der Waals surface area contributed by atoms with Crippen LogP contribution in [0.5, 0.6) is 0 Å². The molecule has 0 radical (unpaired) electrons. The van der Waals surface area contributed by atoms with Gasteiger partial charge in [0.1, 0.15) is 5.82 Å². The predicted octanol–water partition coefficient (Wildman–Crippen LogP) is 5.96. The minimum Gasteiger partial charge on any atom is -0.289 e. The van der Waals surface area contributed by atoms with Crippen LogP contribution in [0.3, 0.4) is 0 Å². The number of hydrogen-bond acceptors (Lipinski definition) is 4. The Morgan fingerprint density at radius 2 is 1.53 bits per heavy atom. The number of thioether (sulfide) groups is 1. The minimum atomic E-state index is -0.557. The van der Waals surface area contributed by atoms with Gasteiger partial charge in [-0.15, -0.1) is 0 Å². The van der Waals surface area contributed by atoms with Crippen molar-refractivity contribution in [3.63, 3.8) is 0 Å². The van der Waals surface area contributed by atoms with E-state index in [1.165, 1.54) is 29.2 Å². The summed E-state index contributed by atoms with van der Waals surface area (Å²) in [5, 5.41) is -0.295. The molecule has 158 valence electrons. The van der Waals surface area contributed by atoms with Gasteiger partial charge in [-0.25, -0.2) is 4.39 Å². The second kappa shape index (κ2) is 9.58. The molecule has 1 fully saturated rings. The van der Waals surface area contributed by atoms with Gasteiger partial charge < -0.3 is 0 Å². The molecule has 4 rings (SSSR count). The number of allylic oxidation sites excluding steroid dienone is 1. The number of ketones is 1. The SMILES string of the molecule is O=C(/C=C/c1ccc(/C=C2\SC(=O)N(Cc3ccccc3)C2=O)cc1)c1ccccc1F. The molecule has 3 aromatic carbocycles. The van der Waals surface area contributed by atoms with E-state index in [1.54, 1.807) is 42.5 Å². The molecule has 0 N–H and O–H groups in total. The zero-order valence-corrected chi connectivity index (χ0v) is 17.7. The van der Waals surface area contributed by atoms with Crippen LogP contribution in [0.25, 0.3) is 12.2 Å². The third kappa shape index (κ3) is 4.92. The lowest BCUT2D eigenvalue weighted by atomic mass is 10.1. The third-order valence-corrected chi connectivity index (χ3v) is 5.77. The van der Waals surface area contributed by atoms with Gasteiger partial charge in [-0.2, -0.15) is 0 Å². The molecular weight excluding hydrogens is 425 g/mol. The van der Waals surface area contributed by atoms with Gasteiger partial charge in [0.15, 0.2) is 5.78 Å². The van der Waals surface area contributed by atoms with Crippen molar-refractivity contribution in [1.82, 2.24) is 4.90 Å². The second-order valence-electron chi connectivity index (χ2n) is 7.10. The number of rotatable bonds is 6. The van der Waals surface area contributed by atoms with E-state index in [-0.39, 0.29) is 23.3 Å². The summed E-state index contributed by atoms with van der Waals surface area (Å²) in [7, 11) is 0. The van der Waals surface area contributed by atoms with Crippen LogP contribution in [0.15, 0.2) is 89.8 Å². The van der Waals surface area contributed by atoms with Crippen LogP contribution in [0.1, 0.15) is 27.0 Å². The van der Waals surface area contributed by atoms with E-state index in [1.807, 2.05) is 30.3 Å². The number of carbonyl (C=O) groups is 3. The molecule has 1 saturated heterocycles. The first kappa shape index (κ1) is 21.5. The molecule has 2 amide bonds. The van der Waals surface area contributed by atoms with Crippen LogP contribution in [0.2, 0.25) is 0 Å². The monoisotopic (exact) mass is 443 g/mol. The van der Waals surface area contributed by atoms with Crippen LogP contribution in [-0.4, -0.2) is 21.8 Å². The molecule has 0 saturated carbocycles. The van der Waals surface area contributed by atoms with Gasteiger partial charge in [-0.3, -0.25) is 19.3 Å². The number of imide groups is 1. The summed E-state index contributed by atoms with van der Waals surface area (Å²) < 4.78 is 13.7. The van der Waals surface area contributed by atoms with E-state index in [0.717, 1.165) is 28.5 Å². The van der Waals surface area contributed by atoms with Gasteiger partial charge in [0.2, 0.25) is 0 Å². The van der Waals surface area contributed by atoms with Crippen LogP contribution < -0.4 is 0 Å². The molecule has 1 aliphatic rings. The summed E-state index contributed by atoms with van der Waals surface area (Å²) >= 11 is 0.918. The number of nitrogens with zero attached hydrogens (tertiary/aromatic N) is 1. The molecule has 32 heavy (non-hydrogen) atoms. The average Bonchev–Trinajstić information content (AvgIpc) is 3.06. The highest BCUT2D eigenvalue weighted by Crippen LogP contribution is 2.33. The average molecular weight is 443 g/mol. The fourth-order valence-corrected chi connectivity index (χ4v) is 4.02. The number of carbonyl (C=O) groups excluding carboxylic acids is 3. The maximum absolute atomic E-state index is 13.7. The molecule has 4 nitrogen and oxygen atoms in total. The lowest BCUT2D eigenvalue weighted by Crippen LogP contribution is -2.27. The topological polar surface area (TPSA) is 54.5 Å². The Hall–Kier alpha value is -3.77. The van der Waals surface area contributed by atoms with Gasteiger partial charge in [-0.05, 0) is 52.7 Å². The van der Waals surface area contributed by atoms with E-state index in [0.29, 0.717) is 4.91 Å². The Kier molecular flexibility index (Phi) is 6.42. The highest BCUT2D eigenvalue weighted by atomic mass is 32.2. The second-order valence-corrected chi connectivity index (χ2v) is 8.09. The van der Waals surface area contributed by atoms with Crippen molar-refractivity contribution in [2.24, 2.45) is 0 Å². The first-order chi connectivity index (χ1) is 15.5. The lowest BCUT2D eigenvalue weighted by Gasteiger charge is -2.12. The lowest BCUT2D eigenvalue weighted by molar-refractivity contribution is -0.123. The van der Waals surface area contributed by atoms with Crippen LogP contribution >= 0.6 is 11.8 Å². The number of benzene rings is 3. The van der Waals surface area contributed by atoms with E-state index < -0.39 is 11.6 Å². The Morgan fingerprint density at radius 3 is 2.25 bits per heavy atom. The quantitative estimate of drug-likeness (QED) is 0.349. The molecule has 1 aliphatic heterocycles. The van der Waals surface area contributed by atoms with Crippen molar-refractivity contribution in [2.75, 3.05) is 0 Å². The summed E-state index contributed by atoms with van der Waals surface area (Å²) in [4.78, 5) is 38.7. The summed E-state index contributed by atoms with van der Waals surface area (Å²) in [5.74, 6) is -1.29. The smallest absolute Gasteiger partial charge is 0.289 e. The molecule has 6 heteroatoms. The third-order valence-electron chi connectivity index (χ3n) is 4.86. The van der Waals surface area contributed by atoms with Crippen molar-refractivity contribution >= 4 is 40.8 Å². The largest absolute Gasteiger partial charge is 0.293 e. The summed E-state index contributed by atoms with van der Waals surface area (Å²) in [6.45, 7) is 0.239. The number of halogens is 1. The van der Waals surface area contributed by atoms with Crippen molar-refractivity contribution in [1.29, 1.82) is 0 Å². The van der Waals surface area contributed by atoms with Crippen molar-refractivity contribution in [3.05, 3.63) is 118 Å². The zero-order chi connectivity index (χ0) is 22.5. The van der Waals surface area contributed by atoms with Crippen LogP contribution in [0.4, 0.5) is 9.18 Å². The Balaban J connectivity index is 1.44. The molecule has 3 aromatic rings. The standard InChI is InChI=1S/C26H18FNO3S/c27-22-9-5-4-8-21(22)23(29)15-14-18-10-12-19(13-11-18)16-24-25(30)28(26(31)32-24)17-20-6-2-1-3-7-20/h1-16H,17H2/b15-14+,24-16-. The molecule has 0 atom stereocenters. The van der Waals surface area contributed by atoms with E-state index >= 15 is 0 Å².